The van der Waals surface area contributed by atoms with Crippen molar-refractivity contribution in [3.63, 3.8) is 0 Å². The molecule has 1 aromatic carbocycles. The predicted molar refractivity (Wildman–Crippen MR) is 91.3 cm³/mol. The second-order valence-corrected chi connectivity index (χ2v) is 6.54. The number of carbonyl (C=O) groups excluding carboxylic acids is 1. The number of nitrogens with one attached hydrogen (secondary N) is 2. The van der Waals surface area contributed by atoms with Gasteiger partial charge in [0.2, 0.25) is 0 Å². The van der Waals surface area contributed by atoms with Gasteiger partial charge in [0.1, 0.15) is 0 Å². The number of hydrogen-bond acceptors (Lipinski definition) is 3. The lowest BCUT2D eigenvalue weighted by molar-refractivity contribution is 0.0925. The Bertz CT molecular complexity index is 695. The molecule has 1 aromatic heterocycles. The second-order valence-electron chi connectivity index (χ2n) is 6.10. The number of amides is 1. The molecule has 2 unspecified atom stereocenters. The summed E-state index contributed by atoms with van der Waals surface area (Å²) in [6.07, 6.45) is 3.69. The largest absolute Gasteiger partial charge is 0.349 e. The van der Waals surface area contributed by atoms with Crippen LogP contribution in [-0.4, -0.2) is 34.3 Å². The van der Waals surface area contributed by atoms with Crippen LogP contribution in [0.5, 0.6) is 0 Å². The molecular weight excluding hydrogens is 312 g/mol. The van der Waals surface area contributed by atoms with Crippen LogP contribution in [0.2, 0.25) is 5.02 Å². The number of aryl methyl sites for hydroxylation is 1. The number of carbonyl (C=O) groups is 1. The molecule has 1 amide bonds. The van der Waals surface area contributed by atoms with Gasteiger partial charge in [-0.3, -0.25) is 4.79 Å². The Balaban J connectivity index is 1.75. The van der Waals surface area contributed by atoms with Gasteiger partial charge in [-0.2, -0.15) is 5.10 Å². The molecule has 23 heavy (non-hydrogen) atoms. The van der Waals surface area contributed by atoms with E-state index in [0.29, 0.717) is 16.6 Å². The molecule has 3 rings (SSSR count). The highest BCUT2D eigenvalue weighted by Gasteiger charge is 2.22. The second kappa shape index (κ2) is 6.72. The van der Waals surface area contributed by atoms with E-state index in [1.165, 1.54) is 0 Å². The number of halogens is 1. The standard InChI is InChI=1S/C17H21ClN4O/c1-11-9-14(7-8-19-11)20-17(23)16-10-22(21-12(16)2)15-5-3-13(18)4-6-15/h3-6,10-11,14,19H,7-9H2,1-2H3,(H,20,23). The van der Waals surface area contributed by atoms with Crippen LogP contribution >= 0.6 is 11.6 Å². The van der Waals surface area contributed by atoms with Crippen LogP contribution in [-0.2, 0) is 0 Å². The van der Waals surface area contributed by atoms with Gasteiger partial charge in [0.15, 0.2) is 0 Å². The van der Waals surface area contributed by atoms with E-state index >= 15 is 0 Å². The summed E-state index contributed by atoms with van der Waals surface area (Å²) in [5, 5.41) is 11.6. The molecule has 0 radical (unpaired) electrons. The molecule has 0 aliphatic carbocycles. The summed E-state index contributed by atoms with van der Waals surface area (Å²) in [7, 11) is 0. The van der Waals surface area contributed by atoms with Crippen molar-refractivity contribution in [2.75, 3.05) is 6.54 Å². The van der Waals surface area contributed by atoms with Crippen molar-refractivity contribution in [3.8, 4) is 5.69 Å². The maximum absolute atomic E-state index is 12.5. The van der Waals surface area contributed by atoms with E-state index < -0.39 is 0 Å². The van der Waals surface area contributed by atoms with Gasteiger partial charge >= 0.3 is 0 Å². The molecule has 0 saturated carbocycles. The zero-order valence-corrected chi connectivity index (χ0v) is 14.1. The molecule has 122 valence electrons. The third kappa shape index (κ3) is 3.74. The minimum atomic E-state index is -0.0539. The zero-order valence-electron chi connectivity index (χ0n) is 13.3. The van der Waals surface area contributed by atoms with Crippen LogP contribution in [0.1, 0.15) is 35.8 Å². The summed E-state index contributed by atoms with van der Waals surface area (Å²) in [5.41, 5.74) is 2.22. The zero-order chi connectivity index (χ0) is 16.4. The first-order chi connectivity index (χ1) is 11.0. The van der Waals surface area contributed by atoms with Crippen molar-refractivity contribution in [1.82, 2.24) is 20.4 Å². The van der Waals surface area contributed by atoms with Gasteiger partial charge in [0, 0.05) is 23.3 Å². The fourth-order valence-corrected chi connectivity index (χ4v) is 3.06. The van der Waals surface area contributed by atoms with E-state index in [1.807, 2.05) is 31.2 Å². The third-order valence-electron chi connectivity index (χ3n) is 4.19. The summed E-state index contributed by atoms with van der Waals surface area (Å²) >= 11 is 5.91. The molecule has 2 heterocycles. The Morgan fingerprint density at radius 1 is 1.39 bits per heavy atom. The lowest BCUT2D eigenvalue weighted by Gasteiger charge is -2.28. The molecule has 0 bridgehead atoms. The van der Waals surface area contributed by atoms with Gasteiger partial charge in [0.25, 0.3) is 5.91 Å². The minimum Gasteiger partial charge on any atom is -0.349 e. The van der Waals surface area contributed by atoms with Crippen LogP contribution in [0.25, 0.3) is 5.69 Å². The molecule has 2 atom stereocenters. The summed E-state index contributed by atoms with van der Waals surface area (Å²) in [6.45, 7) is 4.93. The number of aromatic nitrogens is 2. The SMILES string of the molecule is Cc1nn(-c2ccc(Cl)cc2)cc1C(=O)NC1CCNC(C)C1. The van der Waals surface area contributed by atoms with Crippen molar-refractivity contribution in [2.24, 2.45) is 0 Å². The Kier molecular flexibility index (Phi) is 4.68. The van der Waals surface area contributed by atoms with Crippen molar-refractivity contribution in [3.05, 3.63) is 46.7 Å². The quantitative estimate of drug-likeness (QED) is 0.908. The molecule has 5 nitrogen and oxygen atoms in total. The smallest absolute Gasteiger partial charge is 0.254 e. The Labute approximate surface area is 141 Å². The highest BCUT2D eigenvalue weighted by molar-refractivity contribution is 6.30. The van der Waals surface area contributed by atoms with E-state index in [-0.39, 0.29) is 11.9 Å². The van der Waals surface area contributed by atoms with E-state index in [1.54, 1.807) is 10.9 Å². The maximum Gasteiger partial charge on any atom is 0.254 e. The maximum atomic E-state index is 12.5. The highest BCUT2D eigenvalue weighted by Crippen LogP contribution is 2.16. The molecule has 1 aliphatic heterocycles. The molecule has 1 fully saturated rings. The molecular formula is C17H21ClN4O. The third-order valence-corrected chi connectivity index (χ3v) is 4.45. The van der Waals surface area contributed by atoms with Gasteiger partial charge in [-0.1, -0.05) is 11.6 Å². The fraction of sp³-hybridized carbons (Fsp3) is 0.412. The van der Waals surface area contributed by atoms with Crippen LogP contribution in [0.4, 0.5) is 0 Å². The van der Waals surface area contributed by atoms with Crippen LogP contribution < -0.4 is 10.6 Å². The van der Waals surface area contributed by atoms with Crippen LogP contribution in [0.3, 0.4) is 0 Å². The van der Waals surface area contributed by atoms with E-state index in [4.69, 9.17) is 11.6 Å². The van der Waals surface area contributed by atoms with E-state index in [9.17, 15) is 4.79 Å². The topological polar surface area (TPSA) is 59.0 Å². The van der Waals surface area contributed by atoms with Crippen LogP contribution in [0.15, 0.2) is 30.5 Å². The van der Waals surface area contributed by atoms with E-state index in [2.05, 4.69) is 22.7 Å². The Morgan fingerprint density at radius 3 is 2.83 bits per heavy atom. The average molecular weight is 333 g/mol. The van der Waals surface area contributed by atoms with Gasteiger partial charge < -0.3 is 10.6 Å². The summed E-state index contributed by atoms with van der Waals surface area (Å²) in [6, 6.07) is 8.04. The summed E-state index contributed by atoms with van der Waals surface area (Å²) in [5.74, 6) is -0.0539. The van der Waals surface area contributed by atoms with Crippen molar-refractivity contribution < 1.29 is 4.79 Å². The summed E-state index contributed by atoms with van der Waals surface area (Å²) in [4.78, 5) is 12.5. The summed E-state index contributed by atoms with van der Waals surface area (Å²) < 4.78 is 1.71. The van der Waals surface area contributed by atoms with Gasteiger partial charge in [-0.15, -0.1) is 0 Å². The molecule has 1 aliphatic rings. The molecule has 6 heteroatoms. The first-order valence-electron chi connectivity index (χ1n) is 7.89. The monoisotopic (exact) mass is 332 g/mol. The number of piperidine rings is 1. The lowest BCUT2D eigenvalue weighted by atomic mass is 10.0. The lowest BCUT2D eigenvalue weighted by Crippen LogP contribution is -2.46. The fourth-order valence-electron chi connectivity index (χ4n) is 2.94. The molecule has 2 aromatic rings. The first-order valence-corrected chi connectivity index (χ1v) is 8.27. The number of benzene rings is 1. The number of nitrogens with zero attached hydrogens (tertiary/aromatic N) is 2. The van der Waals surface area contributed by atoms with Crippen molar-refractivity contribution >= 4 is 17.5 Å². The van der Waals surface area contributed by atoms with Gasteiger partial charge in [-0.25, -0.2) is 4.68 Å². The van der Waals surface area contributed by atoms with Gasteiger partial charge in [-0.05, 0) is 57.5 Å². The predicted octanol–water partition coefficient (Wildman–Crippen LogP) is 2.70. The number of rotatable bonds is 3. The number of hydrogen-bond donors (Lipinski definition) is 2. The van der Waals surface area contributed by atoms with Crippen molar-refractivity contribution in [1.29, 1.82) is 0 Å². The molecule has 0 spiro atoms. The first kappa shape index (κ1) is 16.0. The highest BCUT2D eigenvalue weighted by atomic mass is 35.5. The molecule has 1 saturated heterocycles. The van der Waals surface area contributed by atoms with E-state index in [0.717, 1.165) is 30.8 Å². The van der Waals surface area contributed by atoms with Crippen LogP contribution in [0, 0.1) is 6.92 Å². The van der Waals surface area contributed by atoms with Gasteiger partial charge in [0.05, 0.1) is 16.9 Å². The normalized spacial score (nSPS) is 21.2. The minimum absolute atomic E-state index is 0.0539. The average Bonchev–Trinajstić information content (AvgIpc) is 2.90. The Hall–Kier alpha value is -1.85. The van der Waals surface area contributed by atoms with Crippen molar-refractivity contribution in [2.45, 2.75) is 38.8 Å². The Morgan fingerprint density at radius 2 is 2.13 bits per heavy atom. The molecule has 2 N–H and O–H groups in total.